The molecule has 7 heteroatoms. The minimum absolute atomic E-state index is 0.00360. The number of benzene rings is 1. The van der Waals surface area contributed by atoms with Gasteiger partial charge in [0.2, 0.25) is 5.91 Å². The maximum Gasteiger partial charge on any atom is 0.387 e. The third kappa shape index (κ3) is 4.53. The highest BCUT2D eigenvalue weighted by Crippen LogP contribution is 2.27. The van der Waals surface area contributed by atoms with Crippen LogP contribution in [-0.2, 0) is 9.59 Å². The molecule has 2 rings (SSSR count). The number of likely N-dealkylation sites (tertiary alicyclic amines) is 1. The normalized spacial score (nSPS) is 18.6. The van der Waals surface area contributed by atoms with E-state index >= 15 is 0 Å². The van der Waals surface area contributed by atoms with Gasteiger partial charge in [-0.05, 0) is 31.4 Å². The molecule has 0 bridgehead atoms. The second kappa shape index (κ2) is 7.90. The lowest BCUT2D eigenvalue weighted by molar-refractivity contribution is -0.144. The highest BCUT2D eigenvalue weighted by atomic mass is 19.3. The van der Waals surface area contributed by atoms with E-state index in [1.54, 1.807) is 25.1 Å². The molecule has 1 aromatic rings. The van der Waals surface area contributed by atoms with Gasteiger partial charge < -0.3 is 14.7 Å². The van der Waals surface area contributed by atoms with Crippen LogP contribution in [0.15, 0.2) is 30.3 Å². The number of alkyl halides is 2. The van der Waals surface area contributed by atoms with E-state index in [2.05, 4.69) is 4.74 Å². The van der Waals surface area contributed by atoms with Crippen molar-refractivity contribution in [1.29, 1.82) is 0 Å². The third-order valence-electron chi connectivity index (χ3n) is 3.95. The number of aliphatic carboxylic acids is 1. The molecule has 1 unspecified atom stereocenters. The Balaban J connectivity index is 2.15. The molecule has 0 radical (unpaired) electrons. The van der Waals surface area contributed by atoms with Crippen LogP contribution in [0.4, 0.5) is 8.78 Å². The van der Waals surface area contributed by atoms with Crippen molar-refractivity contribution in [2.75, 3.05) is 13.1 Å². The Bertz CT molecular complexity index is 645. The van der Waals surface area contributed by atoms with Crippen LogP contribution >= 0.6 is 0 Å². The Hall–Kier alpha value is -2.44. The predicted octanol–water partition coefficient (Wildman–Crippen LogP) is 3.01. The van der Waals surface area contributed by atoms with Crippen molar-refractivity contribution in [3.05, 3.63) is 35.9 Å². The summed E-state index contributed by atoms with van der Waals surface area (Å²) in [5, 5.41) is 9.08. The smallest absolute Gasteiger partial charge is 0.387 e. The van der Waals surface area contributed by atoms with Gasteiger partial charge in [-0.25, -0.2) is 0 Å². The molecule has 1 aliphatic rings. The Morgan fingerprint density at radius 2 is 2.08 bits per heavy atom. The average Bonchev–Trinajstić information content (AvgIpc) is 2.54. The number of carbonyl (C=O) groups excluding carboxylic acids is 1. The lowest BCUT2D eigenvalue weighted by atomic mass is 9.98. The van der Waals surface area contributed by atoms with Gasteiger partial charge in [-0.1, -0.05) is 18.2 Å². The van der Waals surface area contributed by atoms with Crippen LogP contribution in [0.25, 0.3) is 5.57 Å². The highest BCUT2D eigenvalue weighted by Gasteiger charge is 2.27. The molecule has 0 saturated carbocycles. The molecule has 1 heterocycles. The summed E-state index contributed by atoms with van der Waals surface area (Å²) in [6.45, 7) is -0.674. The first-order valence-corrected chi connectivity index (χ1v) is 7.62. The van der Waals surface area contributed by atoms with E-state index in [1.165, 1.54) is 17.0 Å². The van der Waals surface area contributed by atoms with Gasteiger partial charge in [-0.3, -0.25) is 9.59 Å². The number of rotatable bonds is 5. The number of hydrogen-bond donors (Lipinski definition) is 1. The number of nitrogens with zero attached hydrogens (tertiary/aromatic N) is 1. The molecule has 5 nitrogen and oxygen atoms in total. The van der Waals surface area contributed by atoms with Crippen LogP contribution in [-0.4, -0.2) is 41.6 Å². The van der Waals surface area contributed by atoms with Crippen molar-refractivity contribution < 1.29 is 28.2 Å². The summed E-state index contributed by atoms with van der Waals surface area (Å²) < 4.78 is 29.4. The zero-order chi connectivity index (χ0) is 17.7. The van der Waals surface area contributed by atoms with Gasteiger partial charge in [0.25, 0.3) is 0 Å². The molecular weight excluding hydrogens is 320 g/mol. The molecule has 130 valence electrons. The van der Waals surface area contributed by atoms with Gasteiger partial charge in [0.15, 0.2) is 0 Å². The van der Waals surface area contributed by atoms with E-state index in [0.29, 0.717) is 30.5 Å². The summed E-state index contributed by atoms with van der Waals surface area (Å²) >= 11 is 0. The van der Waals surface area contributed by atoms with E-state index < -0.39 is 18.5 Å². The van der Waals surface area contributed by atoms with E-state index in [-0.39, 0.29) is 18.2 Å². The van der Waals surface area contributed by atoms with Crippen LogP contribution in [0.3, 0.4) is 0 Å². The quantitative estimate of drug-likeness (QED) is 0.838. The van der Waals surface area contributed by atoms with Crippen molar-refractivity contribution in [3.8, 4) is 5.75 Å². The van der Waals surface area contributed by atoms with Gasteiger partial charge >= 0.3 is 12.6 Å². The highest BCUT2D eigenvalue weighted by molar-refractivity contribution is 5.95. The number of carboxylic acid groups (broad SMARTS) is 1. The first-order valence-electron chi connectivity index (χ1n) is 7.62. The molecule has 1 fully saturated rings. The minimum Gasteiger partial charge on any atom is -0.481 e. The molecule has 1 amide bonds. The van der Waals surface area contributed by atoms with E-state index in [0.717, 1.165) is 0 Å². The zero-order valence-corrected chi connectivity index (χ0v) is 13.2. The van der Waals surface area contributed by atoms with Crippen LogP contribution in [0, 0.1) is 5.92 Å². The largest absolute Gasteiger partial charge is 0.481 e. The van der Waals surface area contributed by atoms with Crippen molar-refractivity contribution in [1.82, 2.24) is 4.90 Å². The van der Waals surface area contributed by atoms with Crippen molar-refractivity contribution in [2.24, 2.45) is 5.92 Å². The molecule has 24 heavy (non-hydrogen) atoms. The molecule has 0 aliphatic carbocycles. The fourth-order valence-electron chi connectivity index (χ4n) is 2.72. The molecule has 0 aromatic heterocycles. The topological polar surface area (TPSA) is 66.8 Å². The minimum atomic E-state index is -2.95. The van der Waals surface area contributed by atoms with Gasteiger partial charge in [-0.15, -0.1) is 0 Å². The lowest BCUT2D eigenvalue weighted by Gasteiger charge is -2.30. The Kier molecular flexibility index (Phi) is 5.89. The number of hydrogen-bond acceptors (Lipinski definition) is 3. The van der Waals surface area contributed by atoms with Crippen LogP contribution in [0.1, 0.15) is 25.3 Å². The number of piperidine rings is 1. The van der Waals surface area contributed by atoms with Crippen molar-refractivity contribution in [3.63, 3.8) is 0 Å². The molecule has 1 N–H and O–H groups in total. The summed E-state index contributed by atoms with van der Waals surface area (Å²) in [4.78, 5) is 24.9. The number of halogens is 2. The number of ether oxygens (including phenoxy) is 1. The van der Waals surface area contributed by atoms with Gasteiger partial charge in [-0.2, -0.15) is 8.78 Å². The monoisotopic (exact) mass is 339 g/mol. The summed E-state index contributed by atoms with van der Waals surface area (Å²) in [6.07, 6.45) is 2.51. The SMILES string of the molecule is CC(=CC(=O)N1CCCC(C(=O)O)C1)c1ccccc1OC(F)F. The average molecular weight is 339 g/mol. The van der Waals surface area contributed by atoms with E-state index in [1.807, 2.05) is 0 Å². The fraction of sp³-hybridized carbons (Fsp3) is 0.412. The number of carboxylic acids is 1. The van der Waals surface area contributed by atoms with Gasteiger partial charge in [0, 0.05) is 24.7 Å². The first-order chi connectivity index (χ1) is 11.4. The maximum absolute atomic E-state index is 12.5. The Morgan fingerprint density at radius 3 is 2.75 bits per heavy atom. The van der Waals surface area contributed by atoms with Gasteiger partial charge in [0.05, 0.1) is 5.92 Å². The Morgan fingerprint density at radius 1 is 1.38 bits per heavy atom. The lowest BCUT2D eigenvalue weighted by Crippen LogP contribution is -2.41. The molecule has 1 atom stereocenters. The number of allylic oxidation sites excluding steroid dienone is 1. The van der Waals surface area contributed by atoms with Crippen LogP contribution in [0.2, 0.25) is 0 Å². The van der Waals surface area contributed by atoms with Crippen molar-refractivity contribution >= 4 is 17.4 Å². The second-order valence-electron chi connectivity index (χ2n) is 5.66. The molecule has 1 aromatic carbocycles. The van der Waals surface area contributed by atoms with Gasteiger partial charge in [0.1, 0.15) is 5.75 Å². The third-order valence-corrected chi connectivity index (χ3v) is 3.95. The number of para-hydroxylation sites is 1. The Labute approximate surface area is 138 Å². The predicted molar refractivity (Wildman–Crippen MR) is 83.7 cm³/mol. The van der Waals surface area contributed by atoms with Crippen molar-refractivity contribution in [2.45, 2.75) is 26.4 Å². The standard InChI is InChI=1S/C17H19F2NO4/c1-11(13-6-2-3-7-14(13)24-17(18)19)9-15(21)20-8-4-5-12(10-20)16(22)23/h2-3,6-7,9,12,17H,4-5,8,10H2,1H3,(H,22,23). The van der Waals surface area contributed by atoms with E-state index in [4.69, 9.17) is 5.11 Å². The number of amides is 1. The molecule has 1 aliphatic heterocycles. The summed E-state index contributed by atoms with van der Waals surface area (Å²) in [7, 11) is 0. The fourth-order valence-corrected chi connectivity index (χ4v) is 2.72. The summed E-state index contributed by atoms with van der Waals surface area (Å²) in [5.41, 5.74) is 0.881. The molecule has 1 saturated heterocycles. The second-order valence-corrected chi connectivity index (χ2v) is 5.66. The first kappa shape index (κ1) is 17.9. The maximum atomic E-state index is 12.5. The number of carbonyl (C=O) groups is 2. The van der Waals surface area contributed by atoms with Crippen LogP contribution in [0.5, 0.6) is 5.75 Å². The molecular formula is C17H19F2NO4. The summed E-state index contributed by atoms with van der Waals surface area (Å²) in [5.74, 6) is -1.81. The summed E-state index contributed by atoms with van der Waals surface area (Å²) in [6, 6.07) is 6.23. The zero-order valence-electron chi connectivity index (χ0n) is 13.2. The van der Waals surface area contributed by atoms with E-state index in [9.17, 15) is 18.4 Å². The molecule has 0 spiro atoms. The van der Waals surface area contributed by atoms with Crippen LogP contribution < -0.4 is 4.74 Å².